The second-order valence-electron chi connectivity index (χ2n) is 5.39. The van der Waals surface area contributed by atoms with Gasteiger partial charge >= 0.3 is 0 Å². The van der Waals surface area contributed by atoms with Crippen LogP contribution in [0.1, 0.15) is 43.0 Å². The first-order valence-electron chi connectivity index (χ1n) is 6.84. The summed E-state index contributed by atoms with van der Waals surface area (Å²) >= 11 is 0. The Kier molecular flexibility index (Phi) is 4.30. The molecule has 0 bridgehead atoms. The fourth-order valence-corrected chi connectivity index (χ4v) is 2.53. The fourth-order valence-electron chi connectivity index (χ4n) is 2.53. The largest absolute Gasteiger partial charge is 0.495 e. The van der Waals surface area contributed by atoms with Crippen molar-refractivity contribution in [2.24, 2.45) is 5.92 Å². The maximum Gasteiger partial charge on any atom is 0.251 e. The smallest absolute Gasteiger partial charge is 0.251 e. The maximum atomic E-state index is 12.2. The number of nitrogen functional groups attached to an aromatic ring is 1. The summed E-state index contributed by atoms with van der Waals surface area (Å²) in [6.07, 6.45) is 4.52. The summed E-state index contributed by atoms with van der Waals surface area (Å²) in [5.74, 6) is 1.28. The Morgan fingerprint density at radius 3 is 2.63 bits per heavy atom. The molecule has 0 heterocycles. The van der Waals surface area contributed by atoms with Crippen LogP contribution in [-0.4, -0.2) is 19.1 Å². The van der Waals surface area contributed by atoms with E-state index in [9.17, 15) is 4.79 Å². The highest BCUT2D eigenvalue weighted by Gasteiger charge is 2.20. The number of ether oxygens (including phenoxy) is 1. The molecule has 4 nitrogen and oxygen atoms in total. The van der Waals surface area contributed by atoms with Crippen molar-refractivity contribution in [3.63, 3.8) is 0 Å². The number of benzene rings is 1. The third kappa shape index (κ3) is 3.40. The Hall–Kier alpha value is -1.71. The van der Waals surface area contributed by atoms with Gasteiger partial charge in [-0.3, -0.25) is 4.79 Å². The molecule has 0 aliphatic heterocycles. The predicted octanol–water partition coefficient (Wildman–Crippen LogP) is 2.59. The highest BCUT2D eigenvalue weighted by atomic mass is 16.5. The zero-order chi connectivity index (χ0) is 13.8. The van der Waals surface area contributed by atoms with Crippen LogP contribution in [0.2, 0.25) is 0 Å². The van der Waals surface area contributed by atoms with Gasteiger partial charge in [-0.05, 0) is 49.8 Å². The average Bonchev–Trinajstić information content (AvgIpc) is 2.42. The summed E-state index contributed by atoms with van der Waals surface area (Å²) in [5.41, 5.74) is 6.89. The van der Waals surface area contributed by atoms with Crippen molar-refractivity contribution in [1.29, 1.82) is 0 Å². The highest BCUT2D eigenvalue weighted by molar-refractivity contribution is 5.95. The van der Waals surface area contributed by atoms with Crippen LogP contribution in [0.15, 0.2) is 18.2 Å². The number of nitrogens with two attached hydrogens (primary N) is 1. The molecule has 1 aromatic rings. The molecular weight excluding hydrogens is 240 g/mol. The molecule has 0 saturated heterocycles. The molecule has 1 amide bonds. The van der Waals surface area contributed by atoms with Crippen LogP contribution in [0.5, 0.6) is 5.75 Å². The van der Waals surface area contributed by atoms with Gasteiger partial charge in [-0.2, -0.15) is 0 Å². The normalized spacial score (nSPS) is 22.8. The summed E-state index contributed by atoms with van der Waals surface area (Å²) < 4.78 is 5.13. The van der Waals surface area contributed by atoms with Gasteiger partial charge in [-0.1, -0.05) is 6.92 Å². The molecule has 2 rings (SSSR count). The molecule has 1 aliphatic carbocycles. The number of carbonyl (C=O) groups excluding carboxylic acids is 1. The third-order valence-electron chi connectivity index (χ3n) is 3.85. The molecule has 3 N–H and O–H groups in total. The molecule has 0 radical (unpaired) electrons. The van der Waals surface area contributed by atoms with Crippen LogP contribution in [0, 0.1) is 5.92 Å². The zero-order valence-corrected chi connectivity index (χ0v) is 11.6. The van der Waals surface area contributed by atoms with Crippen molar-refractivity contribution in [2.45, 2.75) is 38.6 Å². The topological polar surface area (TPSA) is 64.3 Å². The molecule has 1 fully saturated rings. The zero-order valence-electron chi connectivity index (χ0n) is 11.6. The summed E-state index contributed by atoms with van der Waals surface area (Å²) in [6, 6.07) is 5.43. The molecular formula is C15H22N2O2. The summed E-state index contributed by atoms with van der Waals surface area (Å²) in [5, 5.41) is 3.09. The van der Waals surface area contributed by atoms with E-state index in [1.807, 2.05) is 0 Å². The van der Waals surface area contributed by atoms with Crippen molar-refractivity contribution in [3.8, 4) is 5.75 Å². The van der Waals surface area contributed by atoms with Gasteiger partial charge in [0.15, 0.2) is 0 Å². The average molecular weight is 262 g/mol. The predicted molar refractivity (Wildman–Crippen MR) is 76.3 cm³/mol. The Bertz CT molecular complexity index is 451. The Morgan fingerprint density at radius 1 is 1.32 bits per heavy atom. The fraction of sp³-hybridized carbons (Fsp3) is 0.533. The van der Waals surface area contributed by atoms with E-state index in [4.69, 9.17) is 10.5 Å². The van der Waals surface area contributed by atoms with E-state index in [1.54, 1.807) is 25.3 Å². The minimum atomic E-state index is -0.0437. The van der Waals surface area contributed by atoms with Crippen LogP contribution in [-0.2, 0) is 0 Å². The molecule has 4 heteroatoms. The van der Waals surface area contributed by atoms with E-state index in [0.29, 0.717) is 23.0 Å². The van der Waals surface area contributed by atoms with Gasteiger partial charge in [-0.25, -0.2) is 0 Å². The van der Waals surface area contributed by atoms with Gasteiger partial charge in [0, 0.05) is 11.6 Å². The van der Waals surface area contributed by atoms with Crippen LogP contribution in [0.4, 0.5) is 5.69 Å². The number of rotatable bonds is 3. The van der Waals surface area contributed by atoms with Gasteiger partial charge in [0.1, 0.15) is 5.75 Å². The number of carbonyl (C=O) groups is 1. The van der Waals surface area contributed by atoms with E-state index < -0.39 is 0 Å². The van der Waals surface area contributed by atoms with E-state index >= 15 is 0 Å². The summed E-state index contributed by atoms with van der Waals surface area (Å²) in [6.45, 7) is 2.27. The van der Waals surface area contributed by atoms with Gasteiger partial charge in [0.05, 0.1) is 12.8 Å². The van der Waals surface area contributed by atoms with E-state index in [-0.39, 0.29) is 5.91 Å². The van der Waals surface area contributed by atoms with Gasteiger partial charge in [0.2, 0.25) is 0 Å². The number of hydrogen-bond donors (Lipinski definition) is 2. The minimum Gasteiger partial charge on any atom is -0.495 e. The third-order valence-corrected chi connectivity index (χ3v) is 3.85. The highest BCUT2D eigenvalue weighted by Crippen LogP contribution is 2.25. The van der Waals surface area contributed by atoms with Crippen molar-refractivity contribution in [3.05, 3.63) is 23.8 Å². The molecule has 0 spiro atoms. The second kappa shape index (κ2) is 5.95. The van der Waals surface area contributed by atoms with Gasteiger partial charge in [0.25, 0.3) is 5.91 Å². The number of anilines is 1. The quantitative estimate of drug-likeness (QED) is 0.823. The molecule has 1 aliphatic rings. The molecule has 0 atom stereocenters. The van der Waals surface area contributed by atoms with Crippen molar-refractivity contribution >= 4 is 11.6 Å². The van der Waals surface area contributed by atoms with Crippen molar-refractivity contribution in [1.82, 2.24) is 5.32 Å². The molecule has 1 aromatic carbocycles. The standard InChI is InChI=1S/C15H22N2O2/c1-10-3-6-12(7-4-10)17-15(18)11-5-8-13(16)14(9-11)19-2/h5,8-10,12H,3-4,6-7,16H2,1-2H3,(H,17,18). The minimum absolute atomic E-state index is 0.0437. The first kappa shape index (κ1) is 13.7. The Morgan fingerprint density at radius 2 is 2.00 bits per heavy atom. The molecule has 104 valence electrons. The summed E-state index contributed by atoms with van der Waals surface area (Å²) in [4.78, 5) is 12.2. The SMILES string of the molecule is COc1cc(C(=O)NC2CCC(C)CC2)ccc1N. The lowest BCUT2D eigenvalue weighted by molar-refractivity contribution is 0.0922. The van der Waals surface area contributed by atoms with Gasteiger partial charge in [-0.15, -0.1) is 0 Å². The second-order valence-corrected chi connectivity index (χ2v) is 5.39. The number of nitrogens with one attached hydrogen (secondary N) is 1. The van der Waals surface area contributed by atoms with Crippen LogP contribution in [0.3, 0.4) is 0 Å². The maximum absolute atomic E-state index is 12.2. The molecule has 0 unspecified atom stereocenters. The number of hydrogen-bond acceptors (Lipinski definition) is 3. The molecule has 0 aromatic heterocycles. The van der Waals surface area contributed by atoms with Crippen LogP contribution in [0.25, 0.3) is 0 Å². The number of methoxy groups -OCH3 is 1. The van der Waals surface area contributed by atoms with Crippen LogP contribution < -0.4 is 15.8 Å². The van der Waals surface area contributed by atoms with E-state index in [1.165, 1.54) is 12.8 Å². The van der Waals surface area contributed by atoms with Crippen LogP contribution >= 0.6 is 0 Å². The van der Waals surface area contributed by atoms with E-state index in [0.717, 1.165) is 18.8 Å². The number of amides is 1. The summed E-state index contributed by atoms with van der Waals surface area (Å²) in [7, 11) is 1.55. The molecule has 19 heavy (non-hydrogen) atoms. The monoisotopic (exact) mass is 262 g/mol. The first-order chi connectivity index (χ1) is 9.10. The Balaban J connectivity index is 2.00. The molecule has 1 saturated carbocycles. The van der Waals surface area contributed by atoms with Gasteiger partial charge < -0.3 is 15.8 Å². The first-order valence-corrected chi connectivity index (χ1v) is 6.84. The lowest BCUT2D eigenvalue weighted by atomic mass is 9.87. The van der Waals surface area contributed by atoms with Crippen molar-refractivity contribution < 1.29 is 9.53 Å². The lowest BCUT2D eigenvalue weighted by Crippen LogP contribution is -2.37. The van der Waals surface area contributed by atoms with E-state index in [2.05, 4.69) is 12.2 Å². The van der Waals surface area contributed by atoms with Crippen molar-refractivity contribution in [2.75, 3.05) is 12.8 Å². The lowest BCUT2D eigenvalue weighted by Gasteiger charge is -2.27. The Labute approximate surface area is 114 Å².